The molecule has 0 spiro atoms. The van der Waals surface area contributed by atoms with Crippen molar-refractivity contribution in [3.05, 3.63) is 70.7 Å². The molecule has 23 heavy (non-hydrogen) atoms. The van der Waals surface area contributed by atoms with Crippen molar-refractivity contribution in [1.29, 1.82) is 0 Å². The van der Waals surface area contributed by atoms with Gasteiger partial charge in [0.15, 0.2) is 0 Å². The Hall–Kier alpha value is -1.35. The number of rotatable bonds is 4. The van der Waals surface area contributed by atoms with Crippen LogP contribution in [0.15, 0.2) is 54.6 Å². The quantitative estimate of drug-likeness (QED) is 0.854. The van der Waals surface area contributed by atoms with Crippen LogP contribution in [0.25, 0.3) is 0 Å². The molecule has 1 aliphatic rings. The van der Waals surface area contributed by atoms with Crippen LogP contribution in [0, 0.1) is 0 Å². The van der Waals surface area contributed by atoms with Crippen molar-refractivity contribution in [1.82, 2.24) is 4.90 Å². The zero-order valence-corrected chi connectivity index (χ0v) is 14.1. The molecule has 1 fully saturated rings. The summed E-state index contributed by atoms with van der Waals surface area (Å²) in [4.78, 5) is 2.45. The fraction of sp³-hybridized carbons (Fsp3) is 0.400. The molecule has 122 valence electrons. The van der Waals surface area contributed by atoms with Gasteiger partial charge in [0.2, 0.25) is 0 Å². The van der Waals surface area contributed by atoms with Crippen LogP contribution in [0.5, 0.6) is 0 Å². The van der Waals surface area contributed by atoms with Crippen molar-refractivity contribution in [3.63, 3.8) is 0 Å². The summed E-state index contributed by atoms with van der Waals surface area (Å²) < 4.78 is 0. The zero-order valence-electron chi connectivity index (χ0n) is 13.4. The Bertz CT molecular complexity index is 591. The third-order valence-electron chi connectivity index (χ3n) is 4.69. The maximum Gasteiger partial charge on any atom is 0.0986 e. The fourth-order valence-electron chi connectivity index (χ4n) is 3.46. The average molecular weight is 330 g/mol. The van der Waals surface area contributed by atoms with Gasteiger partial charge in [0, 0.05) is 5.02 Å². The summed E-state index contributed by atoms with van der Waals surface area (Å²) in [6.07, 6.45) is 4.44. The summed E-state index contributed by atoms with van der Waals surface area (Å²) in [7, 11) is 0. The van der Waals surface area contributed by atoms with Crippen LogP contribution in [0.3, 0.4) is 0 Å². The molecule has 2 nitrogen and oxygen atoms in total. The molecular weight excluding hydrogens is 306 g/mol. The predicted octanol–water partition coefficient (Wildman–Crippen LogP) is 4.99. The number of aliphatic hydroxyl groups is 1. The number of hydrogen-bond donors (Lipinski definition) is 1. The lowest BCUT2D eigenvalue weighted by molar-refractivity contribution is 0.0488. The first kappa shape index (κ1) is 16.5. The standard InChI is InChI=1S/C20H24ClNO/c21-18-12-10-17(11-13-18)20(23)19(16-8-4-3-5-9-16)22-14-6-1-2-7-15-22/h3-5,8-13,19-20,23H,1-2,6-7,14-15H2/t19-,20+/m0/s1. The summed E-state index contributed by atoms with van der Waals surface area (Å²) >= 11 is 5.99. The Morgan fingerprint density at radius 2 is 1.39 bits per heavy atom. The molecule has 0 aliphatic carbocycles. The minimum Gasteiger partial charge on any atom is -0.386 e. The van der Waals surface area contributed by atoms with Gasteiger partial charge in [-0.15, -0.1) is 0 Å². The van der Waals surface area contributed by atoms with E-state index in [0.29, 0.717) is 5.02 Å². The van der Waals surface area contributed by atoms with E-state index in [2.05, 4.69) is 29.2 Å². The minimum absolute atomic E-state index is 0.00419. The van der Waals surface area contributed by atoms with Gasteiger partial charge in [-0.1, -0.05) is 66.9 Å². The molecule has 0 bridgehead atoms. The van der Waals surface area contributed by atoms with Crippen LogP contribution in [0.1, 0.15) is 49.0 Å². The third-order valence-corrected chi connectivity index (χ3v) is 4.94. The first-order chi connectivity index (χ1) is 11.3. The molecule has 1 aliphatic heterocycles. The molecule has 0 amide bonds. The van der Waals surface area contributed by atoms with Gasteiger partial charge in [0.25, 0.3) is 0 Å². The smallest absolute Gasteiger partial charge is 0.0986 e. The molecule has 0 saturated carbocycles. The van der Waals surface area contributed by atoms with E-state index < -0.39 is 6.10 Å². The fourth-order valence-corrected chi connectivity index (χ4v) is 3.58. The van der Waals surface area contributed by atoms with Crippen molar-refractivity contribution in [3.8, 4) is 0 Å². The third kappa shape index (κ3) is 4.14. The van der Waals surface area contributed by atoms with Gasteiger partial charge in [-0.2, -0.15) is 0 Å². The summed E-state index contributed by atoms with van der Waals surface area (Å²) in [5.41, 5.74) is 2.10. The summed E-state index contributed by atoms with van der Waals surface area (Å²) in [5, 5.41) is 11.8. The van der Waals surface area contributed by atoms with E-state index in [1.807, 2.05) is 30.3 Å². The van der Waals surface area contributed by atoms with Crippen LogP contribution in [0.2, 0.25) is 5.02 Å². The number of nitrogens with zero attached hydrogens (tertiary/aromatic N) is 1. The second kappa shape index (κ2) is 7.96. The van der Waals surface area contributed by atoms with Crippen molar-refractivity contribution < 1.29 is 5.11 Å². The molecule has 2 atom stereocenters. The van der Waals surface area contributed by atoms with Gasteiger partial charge in [0.05, 0.1) is 12.1 Å². The van der Waals surface area contributed by atoms with Crippen molar-refractivity contribution in [2.75, 3.05) is 13.1 Å². The van der Waals surface area contributed by atoms with Crippen LogP contribution in [0.4, 0.5) is 0 Å². The Balaban J connectivity index is 1.92. The van der Waals surface area contributed by atoms with Gasteiger partial charge in [0.1, 0.15) is 0 Å². The maximum atomic E-state index is 11.1. The molecule has 2 aromatic rings. The van der Waals surface area contributed by atoms with E-state index in [1.54, 1.807) is 0 Å². The van der Waals surface area contributed by atoms with Gasteiger partial charge in [-0.25, -0.2) is 0 Å². The first-order valence-corrected chi connectivity index (χ1v) is 8.86. The first-order valence-electron chi connectivity index (χ1n) is 8.48. The SMILES string of the molecule is O[C@H](c1ccc(Cl)cc1)[C@H](c1ccccc1)N1CCCCCC1. The van der Waals surface area contributed by atoms with Crippen molar-refractivity contribution >= 4 is 11.6 Å². The Morgan fingerprint density at radius 1 is 0.783 bits per heavy atom. The topological polar surface area (TPSA) is 23.5 Å². The highest BCUT2D eigenvalue weighted by Crippen LogP contribution is 2.35. The second-order valence-corrected chi connectivity index (χ2v) is 6.74. The summed E-state index contributed by atoms with van der Waals surface area (Å²) in [6, 6.07) is 17.9. The van der Waals surface area contributed by atoms with E-state index in [1.165, 1.54) is 31.2 Å². The number of aliphatic hydroxyl groups excluding tert-OH is 1. The van der Waals surface area contributed by atoms with Crippen LogP contribution in [-0.4, -0.2) is 23.1 Å². The monoisotopic (exact) mass is 329 g/mol. The number of hydrogen-bond acceptors (Lipinski definition) is 2. The average Bonchev–Trinajstić information content (AvgIpc) is 2.86. The van der Waals surface area contributed by atoms with Gasteiger partial charge < -0.3 is 5.11 Å². The minimum atomic E-state index is -0.548. The van der Waals surface area contributed by atoms with Crippen molar-refractivity contribution in [2.24, 2.45) is 0 Å². The molecule has 1 saturated heterocycles. The lowest BCUT2D eigenvalue weighted by Crippen LogP contribution is -2.33. The highest BCUT2D eigenvalue weighted by molar-refractivity contribution is 6.30. The summed E-state index contributed by atoms with van der Waals surface area (Å²) in [6.45, 7) is 2.09. The zero-order chi connectivity index (χ0) is 16.1. The largest absolute Gasteiger partial charge is 0.386 e. The lowest BCUT2D eigenvalue weighted by Gasteiger charge is -2.34. The van der Waals surface area contributed by atoms with Crippen LogP contribution >= 0.6 is 11.6 Å². The van der Waals surface area contributed by atoms with E-state index in [9.17, 15) is 5.11 Å². The molecule has 1 N–H and O–H groups in total. The Kier molecular flexibility index (Phi) is 5.71. The van der Waals surface area contributed by atoms with Crippen LogP contribution < -0.4 is 0 Å². The molecule has 3 rings (SSSR count). The number of halogens is 1. The van der Waals surface area contributed by atoms with Gasteiger partial charge in [-0.05, 0) is 49.2 Å². The summed E-state index contributed by atoms with van der Waals surface area (Å²) in [5.74, 6) is 0. The molecular formula is C20H24ClNO. The molecule has 2 aromatic carbocycles. The van der Waals surface area contributed by atoms with Gasteiger partial charge >= 0.3 is 0 Å². The van der Waals surface area contributed by atoms with E-state index >= 15 is 0 Å². The van der Waals surface area contributed by atoms with Crippen molar-refractivity contribution in [2.45, 2.75) is 37.8 Å². The van der Waals surface area contributed by atoms with Crippen LogP contribution in [-0.2, 0) is 0 Å². The lowest BCUT2D eigenvalue weighted by atomic mass is 9.94. The second-order valence-electron chi connectivity index (χ2n) is 6.30. The maximum absolute atomic E-state index is 11.1. The molecule has 3 heteroatoms. The molecule has 0 unspecified atom stereocenters. The molecule has 1 heterocycles. The number of benzene rings is 2. The van der Waals surface area contributed by atoms with Gasteiger partial charge in [-0.3, -0.25) is 4.90 Å². The van der Waals surface area contributed by atoms with E-state index in [-0.39, 0.29) is 6.04 Å². The molecule has 0 aromatic heterocycles. The normalized spacial score (nSPS) is 19.0. The highest BCUT2D eigenvalue weighted by Gasteiger charge is 2.29. The Labute approximate surface area is 143 Å². The number of likely N-dealkylation sites (tertiary alicyclic amines) is 1. The Morgan fingerprint density at radius 3 is 2.00 bits per heavy atom. The van der Waals surface area contributed by atoms with E-state index in [4.69, 9.17) is 11.6 Å². The predicted molar refractivity (Wildman–Crippen MR) is 95.6 cm³/mol. The van der Waals surface area contributed by atoms with E-state index in [0.717, 1.165) is 18.7 Å². The molecule has 0 radical (unpaired) electrons. The highest BCUT2D eigenvalue weighted by atomic mass is 35.5.